The molecule has 2 rings (SSSR count). The van der Waals surface area contributed by atoms with Gasteiger partial charge in [0.2, 0.25) is 0 Å². The van der Waals surface area contributed by atoms with Crippen molar-refractivity contribution in [1.29, 1.82) is 0 Å². The van der Waals surface area contributed by atoms with Crippen LogP contribution in [0, 0.1) is 0 Å². The molecule has 16 heavy (non-hydrogen) atoms. The second-order valence-electron chi connectivity index (χ2n) is 3.13. The highest BCUT2D eigenvalue weighted by atomic mass is 35.5. The average Bonchev–Trinajstić information content (AvgIpc) is 2.28. The first-order chi connectivity index (χ1) is 7.61. The first-order valence-corrected chi connectivity index (χ1v) is 4.77. The standard InChI is InChI=1S/C10H8ClN3O2/c11-5-1-2-8-6(3-5)7(15)4-9(16-8)10(12)14-13/h1-4H,13H2,(H2,12,14). The number of nitrogens with two attached hydrogens (primary N) is 2. The predicted molar refractivity (Wildman–Crippen MR) is 62.4 cm³/mol. The third-order valence-electron chi connectivity index (χ3n) is 2.08. The minimum absolute atomic E-state index is 0.0334. The maximum absolute atomic E-state index is 11.7. The molecule has 0 atom stereocenters. The highest BCUT2D eigenvalue weighted by Gasteiger charge is 2.07. The summed E-state index contributed by atoms with van der Waals surface area (Å²) in [5.74, 6) is 5.11. The normalized spacial score (nSPS) is 11.9. The Morgan fingerprint density at radius 3 is 2.81 bits per heavy atom. The summed E-state index contributed by atoms with van der Waals surface area (Å²) in [6.07, 6.45) is 0. The van der Waals surface area contributed by atoms with Crippen LogP contribution in [-0.4, -0.2) is 5.84 Å². The van der Waals surface area contributed by atoms with E-state index in [2.05, 4.69) is 5.10 Å². The molecule has 0 bridgehead atoms. The molecule has 0 aliphatic rings. The Balaban J connectivity index is 2.79. The molecule has 1 aromatic heterocycles. The van der Waals surface area contributed by atoms with Gasteiger partial charge in [0.05, 0.1) is 5.39 Å². The van der Waals surface area contributed by atoms with Crippen LogP contribution in [0.5, 0.6) is 0 Å². The third-order valence-corrected chi connectivity index (χ3v) is 2.32. The van der Waals surface area contributed by atoms with Crippen LogP contribution in [0.3, 0.4) is 0 Å². The molecule has 2 aromatic rings. The second kappa shape index (κ2) is 3.86. The molecular weight excluding hydrogens is 230 g/mol. The largest absolute Gasteiger partial charge is 0.452 e. The number of hydrogen-bond acceptors (Lipinski definition) is 4. The van der Waals surface area contributed by atoms with E-state index in [0.29, 0.717) is 16.0 Å². The molecule has 0 amide bonds. The summed E-state index contributed by atoms with van der Waals surface area (Å²) in [5.41, 5.74) is 5.59. The lowest BCUT2D eigenvalue weighted by Gasteiger charge is -2.01. The van der Waals surface area contributed by atoms with E-state index < -0.39 is 0 Å². The third kappa shape index (κ3) is 1.72. The molecule has 6 heteroatoms. The minimum Gasteiger partial charge on any atom is -0.452 e. The Kier molecular flexibility index (Phi) is 2.54. The van der Waals surface area contributed by atoms with Crippen LogP contribution in [-0.2, 0) is 0 Å². The number of hydrazone groups is 1. The summed E-state index contributed by atoms with van der Waals surface area (Å²) in [6, 6.07) is 5.96. The number of rotatable bonds is 1. The minimum atomic E-state index is -0.245. The highest BCUT2D eigenvalue weighted by Crippen LogP contribution is 2.17. The van der Waals surface area contributed by atoms with Crippen LogP contribution in [0.1, 0.15) is 5.76 Å². The summed E-state index contributed by atoms with van der Waals surface area (Å²) >= 11 is 5.77. The number of nitrogens with zero attached hydrogens (tertiary/aromatic N) is 1. The van der Waals surface area contributed by atoms with Crippen LogP contribution in [0.25, 0.3) is 11.0 Å². The molecule has 0 aliphatic carbocycles. The summed E-state index contributed by atoms with van der Waals surface area (Å²) in [5, 5.41) is 4.12. The highest BCUT2D eigenvalue weighted by molar-refractivity contribution is 6.31. The quantitative estimate of drug-likeness (QED) is 0.335. The molecule has 1 aromatic carbocycles. The first-order valence-electron chi connectivity index (χ1n) is 4.39. The van der Waals surface area contributed by atoms with Gasteiger partial charge in [-0.25, -0.2) is 0 Å². The van der Waals surface area contributed by atoms with Crippen molar-refractivity contribution in [3.8, 4) is 0 Å². The van der Waals surface area contributed by atoms with Gasteiger partial charge in [-0.05, 0) is 18.2 Å². The molecular formula is C10H8ClN3O2. The van der Waals surface area contributed by atoms with E-state index >= 15 is 0 Å². The fourth-order valence-corrected chi connectivity index (χ4v) is 1.49. The Bertz CT molecular complexity index is 633. The van der Waals surface area contributed by atoms with E-state index in [1.165, 1.54) is 12.1 Å². The zero-order chi connectivity index (χ0) is 11.7. The van der Waals surface area contributed by atoms with Gasteiger partial charge in [-0.3, -0.25) is 4.79 Å². The Hall–Kier alpha value is -2.01. The monoisotopic (exact) mass is 237 g/mol. The summed E-state index contributed by atoms with van der Waals surface area (Å²) in [4.78, 5) is 11.7. The fourth-order valence-electron chi connectivity index (χ4n) is 1.32. The summed E-state index contributed by atoms with van der Waals surface area (Å²) in [6.45, 7) is 0. The lowest BCUT2D eigenvalue weighted by Crippen LogP contribution is -2.17. The molecule has 82 valence electrons. The molecule has 0 radical (unpaired) electrons. The van der Waals surface area contributed by atoms with Gasteiger partial charge in [0.15, 0.2) is 17.0 Å². The maximum atomic E-state index is 11.7. The van der Waals surface area contributed by atoms with Gasteiger partial charge < -0.3 is 16.0 Å². The molecule has 1 heterocycles. The predicted octanol–water partition coefficient (Wildman–Crippen LogP) is 1.03. The van der Waals surface area contributed by atoms with Crippen LogP contribution < -0.4 is 17.0 Å². The zero-order valence-corrected chi connectivity index (χ0v) is 8.86. The van der Waals surface area contributed by atoms with Crippen molar-refractivity contribution in [2.45, 2.75) is 0 Å². The number of fused-ring (bicyclic) bond motifs is 1. The van der Waals surface area contributed by atoms with E-state index in [-0.39, 0.29) is 17.0 Å². The first kappa shape index (κ1) is 10.5. The van der Waals surface area contributed by atoms with Crippen LogP contribution in [0.2, 0.25) is 5.02 Å². The lowest BCUT2D eigenvalue weighted by molar-refractivity contribution is 0.590. The van der Waals surface area contributed by atoms with E-state index in [0.717, 1.165) is 0 Å². The number of amidine groups is 1. The molecule has 0 unspecified atom stereocenters. The van der Waals surface area contributed by atoms with E-state index in [1.54, 1.807) is 12.1 Å². The lowest BCUT2D eigenvalue weighted by atomic mass is 10.2. The van der Waals surface area contributed by atoms with Crippen LogP contribution >= 0.6 is 11.6 Å². The number of halogens is 1. The van der Waals surface area contributed by atoms with Crippen molar-refractivity contribution >= 4 is 28.4 Å². The van der Waals surface area contributed by atoms with Crippen molar-refractivity contribution in [2.75, 3.05) is 0 Å². The maximum Gasteiger partial charge on any atom is 0.193 e. The molecule has 0 fully saturated rings. The van der Waals surface area contributed by atoms with Crippen molar-refractivity contribution in [3.05, 3.63) is 45.3 Å². The van der Waals surface area contributed by atoms with E-state index in [4.69, 9.17) is 27.6 Å². The van der Waals surface area contributed by atoms with E-state index in [1.807, 2.05) is 0 Å². The Labute approximate surface area is 95.3 Å². The van der Waals surface area contributed by atoms with E-state index in [9.17, 15) is 4.79 Å². The smallest absolute Gasteiger partial charge is 0.193 e. The molecule has 0 spiro atoms. The molecule has 0 aliphatic heterocycles. The van der Waals surface area contributed by atoms with Crippen LogP contribution in [0.4, 0.5) is 0 Å². The summed E-state index contributed by atoms with van der Waals surface area (Å²) < 4.78 is 5.36. The fraction of sp³-hybridized carbons (Fsp3) is 0. The van der Waals surface area contributed by atoms with Crippen molar-refractivity contribution in [3.63, 3.8) is 0 Å². The van der Waals surface area contributed by atoms with Gasteiger partial charge in [-0.1, -0.05) is 11.6 Å². The molecule has 5 nitrogen and oxygen atoms in total. The van der Waals surface area contributed by atoms with Crippen molar-refractivity contribution in [1.82, 2.24) is 0 Å². The zero-order valence-electron chi connectivity index (χ0n) is 8.11. The van der Waals surface area contributed by atoms with Gasteiger partial charge >= 0.3 is 0 Å². The number of hydrogen-bond donors (Lipinski definition) is 2. The van der Waals surface area contributed by atoms with Gasteiger partial charge in [0.1, 0.15) is 5.58 Å². The average molecular weight is 238 g/mol. The second-order valence-corrected chi connectivity index (χ2v) is 3.57. The topological polar surface area (TPSA) is 94.6 Å². The number of benzene rings is 1. The molecule has 0 saturated carbocycles. The van der Waals surface area contributed by atoms with Crippen molar-refractivity contribution < 1.29 is 4.42 Å². The summed E-state index contributed by atoms with van der Waals surface area (Å²) in [7, 11) is 0. The molecule has 4 N–H and O–H groups in total. The molecule has 0 saturated heterocycles. The Morgan fingerprint density at radius 2 is 2.12 bits per heavy atom. The van der Waals surface area contributed by atoms with Gasteiger partial charge in [-0.15, -0.1) is 0 Å². The Morgan fingerprint density at radius 1 is 1.38 bits per heavy atom. The van der Waals surface area contributed by atoms with Crippen LogP contribution in [0.15, 0.2) is 38.6 Å². The van der Waals surface area contributed by atoms with Gasteiger partial charge in [0, 0.05) is 11.1 Å². The van der Waals surface area contributed by atoms with Gasteiger partial charge in [0.25, 0.3) is 0 Å². The SMILES string of the molecule is NN=C(N)c1cc(=O)c2cc(Cl)ccc2o1. The van der Waals surface area contributed by atoms with Crippen molar-refractivity contribution in [2.24, 2.45) is 16.7 Å². The van der Waals surface area contributed by atoms with Gasteiger partial charge in [-0.2, -0.15) is 5.10 Å².